The van der Waals surface area contributed by atoms with Gasteiger partial charge in [0.2, 0.25) is 0 Å². The smallest absolute Gasteiger partial charge is 0.176 e. The van der Waals surface area contributed by atoms with Crippen LogP contribution >= 0.6 is 0 Å². The molecule has 3 nitrogen and oxygen atoms in total. The molecule has 0 saturated heterocycles. The third-order valence-electron chi connectivity index (χ3n) is 3.51. The number of hydrogen-bond acceptors (Lipinski definition) is 3. The summed E-state index contributed by atoms with van der Waals surface area (Å²) in [5.41, 5.74) is 1.38. The van der Waals surface area contributed by atoms with Crippen molar-refractivity contribution in [2.75, 3.05) is 7.11 Å². The highest BCUT2D eigenvalue weighted by Crippen LogP contribution is 2.33. The number of fused-ring (bicyclic) bond motifs is 1. The van der Waals surface area contributed by atoms with Gasteiger partial charge in [-0.15, -0.1) is 0 Å². The summed E-state index contributed by atoms with van der Waals surface area (Å²) in [5, 5.41) is 9.12. The lowest BCUT2D eigenvalue weighted by Crippen LogP contribution is -2.21. The predicted molar refractivity (Wildman–Crippen MR) is 66.9 cm³/mol. The van der Waals surface area contributed by atoms with Crippen LogP contribution in [0.15, 0.2) is 28.7 Å². The number of benzene rings is 1. The highest BCUT2D eigenvalue weighted by Gasteiger charge is 2.25. The monoisotopic (exact) mass is 229 g/mol. The van der Waals surface area contributed by atoms with Gasteiger partial charge in [0.1, 0.15) is 5.76 Å². The van der Waals surface area contributed by atoms with Gasteiger partial charge in [0.25, 0.3) is 0 Å². The van der Waals surface area contributed by atoms with Crippen LogP contribution in [-0.4, -0.2) is 12.8 Å². The number of rotatable bonds is 3. The maximum atomic E-state index is 8.11. The van der Waals surface area contributed by atoms with E-state index in [2.05, 4.69) is 0 Å². The minimum Gasteiger partial charge on any atom is -0.493 e. The zero-order valence-electron chi connectivity index (χ0n) is 9.82. The Morgan fingerprint density at radius 3 is 2.88 bits per heavy atom. The van der Waals surface area contributed by atoms with Gasteiger partial charge in [-0.1, -0.05) is 18.6 Å². The van der Waals surface area contributed by atoms with Crippen LogP contribution in [-0.2, 0) is 0 Å². The Hall–Kier alpha value is -1.77. The lowest BCUT2D eigenvalue weighted by atomic mass is 9.81. The van der Waals surface area contributed by atoms with Gasteiger partial charge in [-0.25, -0.2) is 0 Å². The van der Waals surface area contributed by atoms with Crippen LogP contribution in [0.1, 0.15) is 25.0 Å². The van der Waals surface area contributed by atoms with Crippen molar-refractivity contribution < 1.29 is 9.15 Å². The zero-order chi connectivity index (χ0) is 11.8. The van der Waals surface area contributed by atoms with Crippen molar-refractivity contribution in [2.24, 2.45) is 5.92 Å². The molecule has 3 heteroatoms. The van der Waals surface area contributed by atoms with Crippen molar-refractivity contribution >= 4 is 16.7 Å². The van der Waals surface area contributed by atoms with Gasteiger partial charge in [0.05, 0.1) is 12.8 Å². The average Bonchev–Trinajstić information content (AvgIpc) is 2.69. The molecule has 0 unspecified atom stereocenters. The first-order valence-electron chi connectivity index (χ1n) is 5.95. The number of ether oxygens (including phenoxy) is 1. The SMILES string of the molecule is COc1cccc2cc(C(=N)C3CCC3)oc12. The summed E-state index contributed by atoms with van der Waals surface area (Å²) in [7, 11) is 1.63. The molecule has 0 aliphatic heterocycles. The van der Waals surface area contributed by atoms with Gasteiger partial charge in [0, 0.05) is 11.3 Å². The van der Waals surface area contributed by atoms with Gasteiger partial charge >= 0.3 is 0 Å². The van der Waals surface area contributed by atoms with Crippen molar-refractivity contribution in [3.8, 4) is 5.75 Å². The summed E-state index contributed by atoms with van der Waals surface area (Å²) < 4.78 is 11.0. The van der Waals surface area contributed by atoms with E-state index in [1.165, 1.54) is 6.42 Å². The first kappa shape index (κ1) is 10.4. The van der Waals surface area contributed by atoms with Crippen molar-refractivity contribution in [3.05, 3.63) is 30.0 Å². The van der Waals surface area contributed by atoms with Gasteiger partial charge in [0.15, 0.2) is 11.3 Å². The minimum atomic E-state index is 0.390. The second kappa shape index (κ2) is 3.91. The van der Waals surface area contributed by atoms with Crippen LogP contribution in [0.4, 0.5) is 0 Å². The molecule has 0 spiro atoms. The molecule has 17 heavy (non-hydrogen) atoms. The Morgan fingerprint density at radius 1 is 1.41 bits per heavy atom. The van der Waals surface area contributed by atoms with Crippen LogP contribution in [0.2, 0.25) is 0 Å². The molecule has 1 aromatic heterocycles. The summed E-state index contributed by atoms with van der Waals surface area (Å²) >= 11 is 0. The molecular weight excluding hydrogens is 214 g/mol. The highest BCUT2D eigenvalue weighted by atomic mass is 16.5. The fourth-order valence-corrected chi connectivity index (χ4v) is 2.23. The van der Waals surface area contributed by atoms with Gasteiger partial charge < -0.3 is 14.6 Å². The molecule has 0 radical (unpaired) electrons. The first-order chi connectivity index (χ1) is 8.29. The minimum absolute atomic E-state index is 0.390. The first-order valence-corrected chi connectivity index (χ1v) is 5.95. The van der Waals surface area contributed by atoms with Crippen molar-refractivity contribution in [1.29, 1.82) is 5.41 Å². The summed E-state index contributed by atoms with van der Waals surface area (Å²) in [6, 6.07) is 7.74. The molecule has 1 heterocycles. The normalized spacial score (nSPS) is 15.8. The summed E-state index contributed by atoms with van der Waals surface area (Å²) in [5.74, 6) is 1.81. The zero-order valence-corrected chi connectivity index (χ0v) is 9.82. The van der Waals surface area contributed by atoms with Crippen LogP contribution in [0.25, 0.3) is 11.0 Å². The van der Waals surface area contributed by atoms with Crippen LogP contribution in [0.5, 0.6) is 5.75 Å². The Labute approximate surface area is 99.9 Å². The summed E-state index contributed by atoms with van der Waals surface area (Å²) in [6.07, 6.45) is 3.47. The Balaban J connectivity index is 2.03. The average molecular weight is 229 g/mol. The summed E-state index contributed by atoms with van der Waals surface area (Å²) in [6.45, 7) is 0. The molecule has 0 atom stereocenters. The Kier molecular flexibility index (Phi) is 2.39. The molecule has 1 fully saturated rings. The maximum Gasteiger partial charge on any atom is 0.176 e. The van der Waals surface area contributed by atoms with E-state index >= 15 is 0 Å². The maximum absolute atomic E-state index is 8.11. The molecule has 1 saturated carbocycles. The summed E-state index contributed by atoms with van der Waals surface area (Å²) in [4.78, 5) is 0. The molecule has 1 aliphatic carbocycles. The lowest BCUT2D eigenvalue weighted by molar-refractivity contribution is 0.400. The second-order valence-electron chi connectivity index (χ2n) is 4.53. The highest BCUT2D eigenvalue weighted by molar-refractivity contribution is 6.01. The molecule has 2 aromatic rings. The molecule has 1 N–H and O–H groups in total. The number of methoxy groups -OCH3 is 1. The van der Waals surface area contributed by atoms with Gasteiger partial charge in [-0.05, 0) is 25.0 Å². The predicted octanol–water partition coefficient (Wildman–Crippen LogP) is 3.61. The molecular formula is C14H15NO2. The van der Waals surface area contributed by atoms with E-state index in [-0.39, 0.29) is 0 Å². The largest absolute Gasteiger partial charge is 0.493 e. The fraction of sp³-hybridized carbons (Fsp3) is 0.357. The molecule has 1 aliphatic rings. The third kappa shape index (κ3) is 1.62. The molecule has 0 bridgehead atoms. The standard InChI is InChI=1S/C14H15NO2/c1-16-11-7-3-6-10-8-12(17-14(10)11)13(15)9-4-2-5-9/h3,6-9,15H,2,4-5H2,1H3. The number of hydrogen-bond donors (Lipinski definition) is 1. The molecule has 88 valence electrons. The lowest BCUT2D eigenvalue weighted by Gasteiger charge is -2.24. The van der Waals surface area contributed by atoms with E-state index in [4.69, 9.17) is 14.6 Å². The van der Waals surface area contributed by atoms with Crippen molar-refractivity contribution in [1.82, 2.24) is 0 Å². The van der Waals surface area contributed by atoms with Crippen LogP contribution in [0, 0.1) is 11.3 Å². The van der Waals surface area contributed by atoms with Crippen molar-refractivity contribution in [3.63, 3.8) is 0 Å². The molecule has 1 aromatic carbocycles. The van der Waals surface area contributed by atoms with Crippen LogP contribution < -0.4 is 4.74 Å². The van der Waals surface area contributed by atoms with E-state index in [0.717, 1.165) is 29.6 Å². The van der Waals surface area contributed by atoms with E-state index in [0.29, 0.717) is 17.4 Å². The number of para-hydroxylation sites is 1. The van der Waals surface area contributed by atoms with Crippen molar-refractivity contribution in [2.45, 2.75) is 19.3 Å². The number of furan rings is 1. The second-order valence-corrected chi connectivity index (χ2v) is 4.53. The molecule has 3 rings (SSSR count). The van der Waals surface area contributed by atoms with Gasteiger partial charge in [-0.3, -0.25) is 0 Å². The fourth-order valence-electron chi connectivity index (χ4n) is 2.23. The van der Waals surface area contributed by atoms with E-state index < -0.39 is 0 Å². The third-order valence-corrected chi connectivity index (χ3v) is 3.51. The van der Waals surface area contributed by atoms with E-state index in [1.54, 1.807) is 7.11 Å². The number of nitrogens with one attached hydrogen (secondary N) is 1. The van der Waals surface area contributed by atoms with Gasteiger partial charge in [-0.2, -0.15) is 0 Å². The Bertz CT molecular complexity index is 567. The Morgan fingerprint density at radius 2 is 2.24 bits per heavy atom. The van der Waals surface area contributed by atoms with Crippen LogP contribution in [0.3, 0.4) is 0 Å². The van der Waals surface area contributed by atoms with E-state index in [9.17, 15) is 0 Å². The molecule has 0 amide bonds. The topological polar surface area (TPSA) is 46.2 Å². The quantitative estimate of drug-likeness (QED) is 0.817. The van der Waals surface area contributed by atoms with E-state index in [1.807, 2.05) is 24.3 Å².